The maximum Gasteiger partial charge on any atom is 0.573 e. The molecule has 1 unspecified atom stereocenters. The molecule has 0 radical (unpaired) electrons. The summed E-state index contributed by atoms with van der Waals surface area (Å²) in [4.78, 5) is 24.2. The molecule has 0 saturated carbocycles. The van der Waals surface area contributed by atoms with Crippen LogP contribution in [0, 0.1) is 0 Å². The molecule has 0 saturated heterocycles. The SMILES string of the molecule is CC(OC(=O)c1ccc(OC(F)(F)F)cc1)C(=O)Nc1ccnn1C(C)C. The molecule has 1 N–H and O–H groups in total. The van der Waals surface area contributed by atoms with Gasteiger partial charge in [0.2, 0.25) is 0 Å². The molecule has 0 bridgehead atoms. The molecule has 0 spiro atoms. The Balaban J connectivity index is 1.96. The van der Waals surface area contributed by atoms with E-state index in [9.17, 15) is 22.8 Å². The van der Waals surface area contributed by atoms with Crippen molar-refractivity contribution >= 4 is 17.7 Å². The van der Waals surface area contributed by atoms with Crippen molar-refractivity contribution in [1.29, 1.82) is 0 Å². The molecule has 1 heterocycles. The van der Waals surface area contributed by atoms with Gasteiger partial charge in [0.1, 0.15) is 11.6 Å². The number of carbonyl (C=O) groups is 2. The summed E-state index contributed by atoms with van der Waals surface area (Å²) in [6.07, 6.45) is -4.42. The van der Waals surface area contributed by atoms with Crippen molar-refractivity contribution in [3.63, 3.8) is 0 Å². The number of ether oxygens (including phenoxy) is 2. The molecule has 0 fully saturated rings. The number of nitrogens with one attached hydrogen (secondary N) is 1. The van der Waals surface area contributed by atoms with Gasteiger partial charge in [-0.05, 0) is 45.0 Å². The number of halogens is 3. The van der Waals surface area contributed by atoms with Crippen molar-refractivity contribution in [2.75, 3.05) is 5.32 Å². The fourth-order valence-electron chi connectivity index (χ4n) is 2.13. The Kier molecular flexibility index (Phi) is 6.09. The number of amides is 1. The van der Waals surface area contributed by atoms with Crippen LogP contribution in [-0.4, -0.2) is 34.1 Å². The molecule has 1 amide bonds. The third-order valence-corrected chi connectivity index (χ3v) is 3.39. The van der Waals surface area contributed by atoms with Gasteiger partial charge in [-0.2, -0.15) is 5.10 Å². The van der Waals surface area contributed by atoms with Crippen LogP contribution in [0.25, 0.3) is 0 Å². The average Bonchev–Trinajstić information content (AvgIpc) is 3.02. The summed E-state index contributed by atoms with van der Waals surface area (Å²) in [5.41, 5.74) is -0.0172. The van der Waals surface area contributed by atoms with Crippen molar-refractivity contribution < 1.29 is 32.2 Å². The molecule has 27 heavy (non-hydrogen) atoms. The minimum absolute atomic E-state index is 0.0172. The van der Waals surface area contributed by atoms with Crippen LogP contribution >= 0.6 is 0 Å². The highest BCUT2D eigenvalue weighted by molar-refractivity contribution is 5.96. The molecule has 2 aromatic rings. The molecular formula is C17H18F3N3O4. The predicted octanol–water partition coefficient (Wildman–Crippen LogP) is 3.55. The fourth-order valence-corrected chi connectivity index (χ4v) is 2.13. The van der Waals surface area contributed by atoms with Gasteiger partial charge in [-0.3, -0.25) is 4.79 Å². The summed E-state index contributed by atoms with van der Waals surface area (Å²) >= 11 is 0. The van der Waals surface area contributed by atoms with Gasteiger partial charge in [0.05, 0.1) is 11.8 Å². The summed E-state index contributed by atoms with van der Waals surface area (Å²) in [5, 5.41) is 6.68. The van der Waals surface area contributed by atoms with E-state index >= 15 is 0 Å². The third-order valence-electron chi connectivity index (χ3n) is 3.39. The van der Waals surface area contributed by atoms with E-state index in [0.29, 0.717) is 5.82 Å². The zero-order valence-electron chi connectivity index (χ0n) is 14.8. The van der Waals surface area contributed by atoms with Crippen LogP contribution in [0.5, 0.6) is 5.75 Å². The van der Waals surface area contributed by atoms with Crippen LogP contribution in [0.15, 0.2) is 36.5 Å². The molecule has 1 atom stereocenters. The standard InChI is InChI=1S/C17H18F3N3O4/c1-10(2)23-14(8-9-21-23)22-15(24)11(3)26-16(25)12-4-6-13(7-5-12)27-17(18,19)20/h4-11H,1-3H3,(H,22,24). The maximum absolute atomic E-state index is 12.2. The van der Waals surface area contributed by atoms with E-state index in [1.165, 1.54) is 13.1 Å². The highest BCUT2D eigenvalue weighted by Gasteiger charge is 2.31. The van der Waals surface area contributed by atoms with Crippen molar-refractivity contribution in [3.05, 3.63) is 42.1 Å². The third kappa shape index (κ3) is 5.73. The Bertz CT molecular complexity index is 801. The monoisotopic (exact) mass is 385 g/mol. The number of hydrogen-bond donors (Lipinski definition) is 1. The van der Waals surface area contributed by atoms with Crippen LogP contribution in [-0.2, 0) is 9.53 Å². The lowest BCUT2D eigenvalue weighted by Gasteiger charge is -2.16. The van der Waals surface area contributed by atoms with Gasteiger partial charge >= 0.3 is 12.3 Å². The Hall–Kier alpha value is -3.04. The Labute approximate surface area is 153 Å². The minimum Gasteiger partial charge on any atom is -0.449 e. The highest BCUT2D eigenvalue weighted by Crippen LogP contribution is 2.23. The van der Waals surface area contributed by atoms with Crippen molar-refractivity contribution in [2.24, 2.45) is 0 Å². The van der Waals surface area contributed by atoms with Gasteiger partial charge < -0.3 is 14.8 Å². The first-order valence-electron chi connectivity index (χ1n) is 7.98. The first-order valence-corrected chi connectivity index (χ1v) is 7.98. The normalized spacial score (nSPS) is 12.6. The van der Waals surface area contributed by atoms with Gasteiger partial charge in [-0.1, -0.05) is 0 Å². The molecule has 0 aliphatic heterocycles. The van der Waals surface area contributed by atoms with Crippen LogP contribution in [0.3, 0.4) is 0 Å². The second kappa shape index (κ2) is 8.11. The second-order valence-corrected chi connectivity index (χ2v) is 5.86. The van der Waals surface area contributed by atoms with Gasteiger partial charge in [0.15, 0.2) is 6.10 Å². The molecule has 10 heteroatoms. The van der Waals surface area contributed by atoms with E-state index in [-0.39, 0.29) is 11.6 Å². The van der Waals surface area contributed by atoms with E-state index in [0.717, 1.165) is 24.3 Å². The summed E-state index contributed by atoms with van der Waals surface area (Å²) in [5.74, 6) is -1.44. The van der Waals surface area contributed by atoms with E-state index in [4.69, 9.17) is 4.74 Å². The molecule has 146 valence electrons. The minimum atomic E-state index is -4.82. The fraction of sp³-hybridized carbons (Fsp3) is 0.353. The summed E-state index contributed by atoms with van der Waals surface area (Å²) in [7, 11) is 0. The zero-order chi connectivity index (χ0) is 20.2. The van der Waals surface area contributed by atoms with E-state index < -0.39 is 30.1 Å². The summed E-state index contributed by atoms with van der Waals surface area (Å²) in [6, 6.07) is 5.81. The molecule has 7 nitrogen and oxygen atoms in total. The van der Waals surface area contributed by atoms with E-state index in [2.05, 4.69) is 15.2 Å². The number of hydrogen-bond acceptors (Lipinski definition) is 5. The number of alkyl halides is 3. The first kappa shape index (κ1) is 20.3. The van der Waals surface area contributed by atoms with E-state index in [1.54, 1.807) is 10.7 Å². The van der Waals surface area contributed by atoms with Crippen LogP contribution < -0.4 is 10.1 Å². The lowest BCUT2D eigenvalue weighted by atomic mass is 10.2. The number of esters is 1. The predicted molar refractivity (Wildman–Crippen MR) is 89.2 cm³/mol. The van der Waals surface area contributed by atoms with Gasteiger partial charge in [0, 0.05) is 12.1 Å². The van der Waals surface area contributed by atoms with E-state index in [1.807, 2.05) is 13.8 Å². The lowest BCUT2D eigenvalue weighted by molar-refractivity contribution is -0.274. The van der Waals surface area contributed by atoms with Crippen LogP contribution in [0.4, 0.5) is 19.0 Å². The Morgan fingerprint density at radius 1 is 1.11 bits per heavy atom. The highest BCUT2D eigenvalue weighted by atomic mass is 19.4. The molecule has 2 rings (SSSR count). The maximum atomic E-state index is 12.2. The smallest absolute Gasteiger partial charge is 0.449 e. The first-order chi connectivity index (χ1) is 12.6. The summed E-state index contributed by atoms with van der Waals surface area (Å²) in [6.45, 7) is 5.15. The van der Waals surface area contributed by atoms with Crippen LogP contribution in [0.1, 0.15) is 37.2 Å². The van der Waals surface area contributed by atoms with Crippen molar-refractivity contribution in [3.8, 4) is 5.75 Å². The molecule has 1 aromatic carbocycles. The van der Waals surface area contributed by atoms with Crippen molar-refractivity contribution in [1.82, 2.24) is 9.78 Å². The van der Waals surface area contributed by atoms with Gasteiger partial charge in [-0.25, -0.2) is 9.48 Å². The number of carbonyl (C=O) groups excluding carboxylic acids is 2. The molecule has 1 aromatic heterocycles. The second-order valence-electron chi connectivity index (χ2n) is 5.86. The number of anilines is 1. The topological polar surface area (TPSA) is 82.4 Å². The lowest BCUT2D eigenvalue weighted by Crippen LogP contribution is -2.31. The van der Waals surface area contributed by atoms with Crippen LogP contribution in [0.2, 0.25) is 0 Å². The number of nitrogens with zero attached hydrogens (tertiary/aromatic N) is 2. The Morgan fingerprint density at radius 3 is 2.30 bits per heavy atom. The average molecular weight is 385 g/mol. The number of rotatable bonds is 6. The Morgan fingerprint density at radius 2 is 1.74 bits per heavy atom. The quantitative estimate of drug-likeness (QED) is 0.769. The van der Waals surface area contributed by atoms with Gasteiger partial charge in [-0.15, -0.1) is 13.2 Å². The largest absolute Gasteiger partial charge is 0.573 e. The molecular weight excluding hydrogens is 367 g/mol. The van der Waals surface area contributed by atoms with Gasteiger partial charge in [0.25, 0.3) is 5.91 Å². The zero-order valence-corrected chi connectivity index (χ0v) is 14.8. The summed E-state index contributed by atoms with van der Waals surface area (Å²) < 4.78 is 46.7. The number of benzene rings is 1. The molecule has 0 aliphatic rings. The van der Waals surface area contributed by atoms with Crippen molar-refractivity contribution in [2.45, 2.75) is 39.3 Å². The number of aromatic nitrogens is 2. The molecule has 0 aliphatic carbocycles.